The summed E-state index contributed by atoms with van der Waals surface area (Å²) in [5.74, 6) is -1.87. The number of nitro benzene ring substituents is 1. The molecule has 0 bridgehead atoms. The lowest BCUT2D eigenvalue weighted by Gasteiger charge is -2.19. The number of carbonyl (C=O) groups is 2. The first-order valence-corrected chi connectivity index (χ1v) is 6.31. The molecule has 0 aliphatic carbocycles. The Bertz CT molecular complexity index is 631. The van der Waals surface area contributed by atoms with E-state index >= 15 is 0 Å². The lowest BCUT2D eigenvalue weighted by atomic mass is 9.88. The first-order chi connectivity index (χ1) is 9.54. The van der Waals surface area contributed by atoms with Crippen LogP contribution in [0.25, 0.3) is 0 Å². The van der Waals surface area contributed by atoms with Gasteiger partial charge in [-0.15, -0.1) is 0 Å². The summed E-state index contributed by atoms with van der Waals surface area (Å²) in [6, 6.07) is 3.39. The maximum absolute atomic E-state index is 11.8. The monoisotopic (exact) mass is 311 g/mol. The van der Waals surface area contributed by atoms with Crippen LogP contribution >= 0.6 is 11.6 Å². The zero-order chi connectivity index (χ0) is 16.4. The molecule has 0 radical (unpaired) electrons. The summed E-state index contributed by atoms with van der Waals surface area (Å²) in [6.45, 7) is 8.81. The minimum Gasteiger partial charge on any atom is -0.386 e. The molecule has 0 atom stereocenters. The van der Waals surface area contributed by atoms with E-state index in [1.54, 1.807) is 20.8 Å². The average molecular weight is 312 g/mol. The fourth-order valence-electron chi connectivity index (χ4n) is 1.29. The Balaban J connectivity index is 2.96. The Morgan fingerprint density at radius 2 is 1.90 bits per heavy atom. The Kier molecular flexibility index (Phi) is 4.85. The third-order valence-electron chi connectivity index (χ3n) is 2.72. The molecule has 0 heterocycles. The largest absolute Gasteiger partial charge is 0.386 e. The standard InChI is InChI=1S/C14H14ClNO5/c1-8(14(2,3)4)12(17)21-13(18)9-5-6-10(15)11(7-9)16(19)20/h5-7H,1H2,2-4H3. The van der Waals surface area contributed by atoms with Gasteiger partial charge in [0.1, 0.15) is 5.02 Å². The normalized spacial score (nSPS) is 10.9. The lowest BCUT2D eigenvalue weighted by Crippen LogP contribution is -2.22. The minimum absolute atomic E-state index is 0.109. The van der Waals surface area contributed by atoms with Gasteiger partial charge in [-0.05, 0) is 17.5 Å². The van der Waals surface area contributed by atoms with Gasteiger partial charge in [0, 0.05) is 11.6 Å². The highest BCUT2D eigenvalue weighted by atomic mass is 35.5. The van der Waals surface area contributed by atoms with Crippen molar-refractivity contribution in [2.45, 2.75) is 20.8 Å². The van der Waals surface area contributed by atoms with Crippen LogP contribution in [0.15, 0.2) is 30.4 Å². The predicted octanol–water partition coefficient (Wildman–Crippen LogP) is 3.53. The fraction of sp³-hybridized carbons (Fsp3) is 0.286. The van der Waals surface area contributed by atoms with Crippen LogP contribution < -0.4 is 0 Å². The van der Waals surface area contributed by atoms with E-state index < -0.39 is 28.0 Å². The van der Waals surface area contributed by atoms with E-state index in [1.807, 2.05) is 0 Å². The molecule has 0 spiro atoms. The van der Waals surface area contributed by atoms with E-state index in [-0.39, 0.29) is 16.2 Å². The zero-order valence-electron chi connectivity index (χ0n) is 11.8. The number of carbonyl (C=O) groups excluding carboxylic acids is 2. The van der Waals surface area contributed by atoms with Crippen LogP contribution in [0.3, 0.4) is 0 Å². The van der Waals surface area contributed by atoms with Crippen LogP contribution in [0.2, 0.25) is 5.02 Å². The van der Waals surface area contributed by atoms with Gasteiger partial charge in [-0.25, -0.2) is 9.59 Å². The van der Waals surface area contributed by atoms with Gasteiger partial charge in [-0.1, -0.05) is 39.0 Å². The Hall–Kier alpha value is -2.21. The summed E-state index contributed by atoms with van der Waals surface area (Å²) in [7, 11) is 0. The zero-order valence-corrected chi connectivity index (χ0v) is 12.6. The number of rotatable bonds is 3. The number of nitro groups is 1. The molecule has 0 saturated heterocycles. The van der Waals surface area contributed by atoms with Crippen molar-refractivity contribution in [2.75, 3.05) is 0 Å². The van der Waals surface area contributed by atoms with Crippen molar-refractivity contribution in [3.63, 3.8) is 0 Å². The third kappa shape index (κ3) is 4.13. The maximum atomic E-state index is 11.8. The molecule has 6 nitrogen and oxygen atoms in total. The van der Waals surface area contributed by atoms with Crippen molar-refractivity contribution >= 4 is 29.2 Å². The van der Waals surface area contributed by atoms with Crippen LogP contribution in [0.1, 0.15) is 31.1 Å². The van der Waals surface area contributed by atoms with Crippen molar-refractivity contribution in [2.24, 2.45) is 5.41 Å². The molecule has 1 aromatic rings. The number of hydrogen-bond acceptors (Lipinski definition) is 5. The highest BCUT2D eigenvalue weighted by Crippen LogP contribution is 2.27. The SMILES string of the molecule is C=C(C(=O)OC(=O)c1ccc(Cl)c([N+](=O)[O-])c1)C(C)(C)C. The predicted molar refractivity (Wildman–Crippen MR) is 77.1 cm³/mol. The number of halogens is 1. The second-order valence-corrected chi connectivity index (χ2v) is 5.74. The highest BCUT2D eigenvalue weighted by Gasteiger charge is 2.26. The van der Waals surface area contributed by atoms with Gasteiger partial charge in [-0.3, -0.25) is 10.1 Å². The van der Waals surface area contributed by atoms with Gasteiger partial charge < -0.3 is 4.74 Å². The van der Waals surface area contributed by atoms with E-state index in [4.69, 9.17) is 11.6 Å². The molecule has 0 aliphatic rings. The van der Waals surface area contributed by atoms with Crippen molar-refractivity contribution in [1.82, 2.24) is 0 Å². The first-order valence-electron chi connectivity index (χ1n) is 5.94. The molecule has 0 unspecified atom stereocenters. The molecule has 1 rings (SSSR count). The van der Waals surface area contributed by atoms with Crippen molar-refractivity contribution in [3.05, 3.63) is 51.1 Å². The molecule has 112 valence electrons. The van der Waals surface area contributed by atoms with E-state index in [2.05, 4.69) is 11.3 Å². The quantitative estimate of drug-likeness (QED) is 0.280. The molecule has 0 saturated carbocycles. The second-order valence-electron chi connectivity index (χ2n) is 5.33. The topological polar surface area (TPSA) is 86.5 Å². The second kappa shape index (κ2) is 6.05. The molecule has 0 N–H and O–H groups in total. The molecule has 7 heteroatoms. The summed E-state index contributed by atoms with van der Waals surface area (Å²) < 4.78 is 4.66. The molecule has 0 aliphatic heterocycles. The van der Waals surface area contributed by atoms with Crippen LogP contribution in [0.4, 0.5) is 5.69 Å². The highest BCUT2D eigenvalue weighted by molar-refractivity contribution is 6.32. The van der Waals surface area contributed by atoms with Gasteiger partial charge in [-0.2, -0.15) is 0 Å². The van der Waals surface area contributed by atoms with Gasteiger partial charge in [0.25, 0.3) is 5.69 Å². The van der Waals surface area contributed by atoms with Crippen LogP contribution in [0, 0.1) is 15.5 Å². The van der Waals surface area contributed by atoms with Crippen molar-refractivity contribution in [1.29, 1.82) is 0 Å². The Morgan fingerprint density at radius 1 is 1.33 bits per heavy atom. The van der Waals surface area contributed by atoms with Crippen LogP contribution in [0.5, 0.6) is 0 Å². The molecule has 0 fully saturated rings. The van der Waals surface area contributed by atoms with E-state index in [1.165, 1.54) is 12.1 Å². The molecular weight excluding hydrogens is 298 g/mol. The lowest BCUT2D eigenvalue weighted by molar-refractivity contribution is -0.384. The summed E-state index contributed by atoms with van der Waals surface area (Å²) in [5, 5.41) is 10.6. The number of nitrogens with zero attached hydrogens (tertiary/aromatic N) is 1. The van der Waals surface area contributed by atoms with Gasteiger partial charge >= 0.3 is 11.9 Å². The van der Waals surface area contributed by atoms with Gasteiger partial charge in [0.2, 0.25) is 0 Å². The number of esters is 2. The van der Waals surface area contributed by atoms with Gasteiger partial charge in [0.05, 0.1) is 10.5 Å². The summed E-state index contributed by atoms with van der Waals surface area (Å²) in [4.78, 5) is 33.6. The average Bonchev–Trinajstić information content (AvgIpc) is 2.36. The number of benzene rings is 1. The van der Waals surface area contributed by atoms with E-state index in [0.717, 1.165) is 6.07 Å². The first kappa shape index (κ1) is 16.8. The summed E-state index contributed by atoms with van der Waals surface area (Å²) in [6.07, 6.45) is 0. The summed E-state index contributed by atoms with van der Waals surface area (Å²) in [5.41, 5.74) is -1.00. The number of hydrogen-bond donors (Lipinski definition) is 0. The summed E-state index contributed by atoms with van der Waals surface area (Å²) >= 11 is 5.64. The van der Waals surface area contributed by atoms with Crippen molar-refractivity contribution in [3.8, 4) is 0 Å². The van der Waals surface area contributed by atoms with Crippen LogP contribution in [-0.2, 0) is 9.53 Å². The maximum Gasteiger partial charge on any atom is 0.346 e. The third-order valence-corrected chi connectivity index (χ3v) is 3.04. The molecule has 1 aromatic carbocycles. The molecule has 0 aromatic heterocycles. The molecule has 0 amide bonds. The smallest absolute Gasteiger partial charge is 0.346 e. The molecular formula is C14H14ClNO5. The minimum atomic E-state index is -0.995. The Labute approximate surface area is 126 Å². The van der Waals surface area contributed by atoms with Crippen molar-refractivity contribution < 1.29 is 19.2 Å². The Morgan fingerprint density at radius 3 is 2.38 bits per heavy atom. The van der Waals surface area contributed by atoms with Crippen LogP contribution in [-0.4, -0.2) is 16.9 Å². The van der Waals surface area contributed by atoms with Gasteiger partial charge in [0.15, 0.2) is 0 Å². The fourth-order valence-corrected chi connectivity index (χ4v) is 1.48. The van der Waals surface area contributed by atoms with E-state index in [9.17, 15) is 19.7 Å². The van der Waals surface area contributed by atoms with E-state index in [0.29, 0.717) is 0 Å². The molecule has 21 heavy (non-hydrogen) atoms. The number of ether oxygens (including phenoxy) is 1.